The van der Waals surface area contributed by atoms with E-state index in [0.717, 1.165) is 16.3 Å². The summed E-state index contributed by atoms with van der Waals surface area (Å²) in [5.74, 6) is -0.672. The van der Waals surface area contributed by atoms with Crippen LogP contribution in [-0.4, -0.2) is 17.2 Å². The fourth-order valence-corrected chi connectivity index (χ4v) is 2.45. The summed E-state index contributed by atoms with van der Waals surface area (Å²) in [5, 5.41) is 16.2. The first-order valence-corrected chi connectivity index (χ1v) is 7.32. The molecule has 0 bridgehead atoms. The molecule has 0 atom stereocenters. The Morgan fingerprint density at radius 3 is 2.74 bits per heavy atom. The molecule has 5 heteroatoms. The standard InChI is InChI=1S/C18H13ClN2O2/c19-14-8-9-17(22)16(10-14)18(23)21-20-11-13-6-3-5-12-4-1-2-7-15(12)13/h1-11,22H,(H,21,23)/b20-11+. The third-order valence-corrected chi connectivity index (χ3v) is 3.63. The van der Waals surface area contributed by atoms with Crippen molar-refractivity contribution in [2.24, 2.45) is 5.10 Å². The number of nitrogens with one attached hydrogen (secondary N) is 1. The molecule has 2 N–H and O–H groups in total. The Hall–Kier alpha value is -2.85. The van der Waals surface area contributed by atoms with Gasteiger partial charge in [0.05, 0.1) is 11.8 Å². The monoisotopic (exact) mass is 324 g/mol. The minimum atomic E-state index is -0.526. The van der Waals surface area contributed by atoms with E-state index < -0.39 is 5.91 Å². The molecule has 0 fully saturated rings. The molecule has 0 aliphatic rings. The first kappa shape index (κ1) is 15.1. The number of carbonyl (C=O) groups is 1. The molecule has 0 aromatic heterocycles. The number of aromatic hydroxyl groups is 1. The second-order valence-corrected chi connectivity index (χ2v) is 5.37. The van der Waals surface area contributed by atoms with Crippen LogP contribution in [0.3, 0.4) is 0 Å². The first-order chi connectivity index (χ1) is 11.1. The van der Waals surface area contributed by atoms with Crippen molar-refractivity contribution in [2.75, 3.05) is 0 Å². The van der Waals surface area contributed by atoms with Crippen molar-refractivity contribution < 1.29 is 9.90 Å². The lowest BCUT2D eigenvalue weighted by Crippen LogP contribution is -2.17. The molecule has 4 nitrogen and oxygen atoms in total. The number of phenols is 1. The highest BCUT2D eigenvalue weighted by molar-refractivity contribution is 6.31. The van der Waals surface area contributed by atoms with Crippen LogP contribution in [-0.2, 0) is 0 Å². The van der Waals surface area contributed by atoms with Crippen molar-refractivity contribution in [1.82, 2.24) is 5.43 Å². The minimum Gasteiger partial charge on any atom is -0.507 e. The van der Waals surface area contributed by atoms with Crippen LogP contribution in [0, 0.1) is 0 Å². The van der Waals surface area contributed by atoms with Gasteiger partial charge in [-0.1, -0.05) is 54.1 Å². The number of hydrazone groups is 1. The number of amides is 1. The Bertz CT molecular complexity index is 901. The van der Waals surface area contributed by atoms with Gasteiger partial charge in [-0.25, -0.2) is 5.43 Å². The molecule has 23 heavy (non-hydrogen) atoms. The lowest BCUT2D eigenvalue weighted by molar-refractivity contribution is 0.0952. The fraction of sp³-hybridized carbons (Fsp3) is 0. The summed E-state index contributed by atoms with van der Waals surface area (Å²) in [6, 6.07) is 18.0. The number of fused-ring (bicyclic) bond motifs is 1. The number of halogens is 1. The van der Waals surface area contributed by atoms with E-state index >= 15 is 0 Å². The van der Waals surface area contributed by atoms with Crippen LogP contribution >= 0.6 is 11.6 Å². The normalized spacial score (nSPS) is 11.0. The summed E-state index contributed by atoms with van der Waals surface area (Å²) in [6.07, 6.45) is 1.57. The number of hydrogen-bond donors (Lipinski definition) is 2. The van der Waals surface area contributed by atoms with Crippen LogP contribution in [0.15, 0.2) is 65.8 Å². The minimum absolute atomic E-state index is 0.0765. The third-order valence-electron chi connectivity index (χ3n) is 3.40. The molecule has 3 aromatic rings. The quantitative estimate of drug-likeness (QED) is 0.566. The predicted octanol–water partition coefficient (Wildman–Crippen LogP) is 3.96. The van der Waals surface area contributed by atoms with Crippen LogP contribution in [0.2, 0.25) is 5.02 Å². The summed E-state index contributed by atoms with van der Waals surface area (Å²) in [6.45, 7) is 0. The second-order valence-electron chi connectivity index (χ2n) is 4.93. The van der Waals surface area contributed by atoms with E-state index in [2.05, 4.69) is 10.5 Å². The van der Waals surface area contributed by atoms with Crippen molar-refractivity contribution in [2.45, 2.75) is 0 Å². The highest BCUT2D eigenvalue weighted by Crippen LogP contribution is 2.21. The number of hydrogen-bond acceptors (Lipinski definition) is 3. The van der Waals surface area contributed by atoms with Gasteiger partial charge in [0.1, 0.15) is 5.75 Å². The zero-order valence-corrected chi connectivity index (χ0v) is 12.8. The van der Waals surface area contributed by atoms with Gasteiger partial charge in [-0.2, -0.15) is 5.10 Å². The molecule has 1 amide bonds. The maximum atomic E-state index is 12.0. The van der Waals surface area contributed by atoms with Crippen LogP contribution in [0.5, 0.6) is 5.75 Å². The number of rotatable bonds is 3. The Labute approximate surface area is 138 Å². The second kappa shape index (κ2) is 6.50. The molecule has 0 radical (unpaired) electrons. The fourth-order valence-electron chi connectivity index (χ4n) is 2.27. The van der Waals surface area contributed by atoms with Crippen LogP contribution in [0.1, 0.15) is 15.9 Å². The number of phenolic OH excluding ortho intramolecular Hbond substituents is 1. The van der Waals surface area contributed by atoms with E-state index in [1.807, 2.05) is 42.5 Å². The molecule has 114 valence electrons. The molecule has 0 saturated heterocycles. The van der Waals surface area contributed by atoms with E-state index in [9.17, 15) is 9.90 Å². The Balaban J connectivity index is 1.80. The highest BCUT2D eigenvalue weighted by Gasteiger charge is 2.10. The molecule has 0 spiro atoms. The van der Waals surface area contributed by atoms with Gasteiger partial charge in [0.15, 0.2) is 0 Å². The lowest BCUT2D eigenvalue weighted by atomic mass is 10.1. The number of carbonyl (C=O) groups excluding carboxylic acids is 1. The Kier molecular flexibility index (Phi) is 4.26. The summed E-state index contributed by atoms with van der Waals surface area (Å²) in [5.41, 5.74) is 3.36. The molecular weight excluding hydrogens is 312 g/mol. The van der Waals surface area contributed by atoms with Gasteiger partial charge in [0.25, 0.3) is 5.91 Å². The molecule has 0 aliphatic carbocycles. The van der Waals surface area contributed by atoms with Crippen molar-refractivity contribution in [1.29, 1.82) is 0 Å². The number of nitrogens with zero attached hydrogens (tertiary/aromatic N) is 1. The topological polar surface area (TPSA) is 61.7 Å². The zero-order valence-electron chi connectivity index (χ0n) is 12.0. The van der Waals surface area contributed by atoms with Gasteiger partial charge >= 0.3 is 0 Å². The summed E-state index contributed by atoms with van der Waals surface area (Å²) < 4.78 is 0. The average Bonchev–Trinajstić information content (AvgIpc) is 2.57. The van der Waals surface area contributed by atoms with E-state index in [1.165, 1.54) is 18.2 Å². The van der Waals surface area contributed by atoms with E-state index in [-0.39, 0.29) is 11.3 Å². The van der Waals surface area contributed by atoms with Gasteiger partial charge in [-0.15, -0.1) is 0 Å². The molecular formula is C18H13ClN2O2. The SMILES string of the molecule is O=C(N/N=C/c1cccc2ccccc12)c1cc(Cl)ccc1O. The molecule has 3 rings (SSSR count). The molecule has 3 aromatic carbocycles. The molecule has 0 unspecified atom stereocenters. The summed E-state index contributed by atoms with van der Waals surface area (Å²) in [4.78, 5) is 12.0. The largest absolute Gasteiger partial charge is 0.507 e. The summed E-state index contributed by atoms with van der Waals surface area (Å²) >= 11 is 5.83. The van der Waals surface area contributed by atoms with Crippen LogP contribution < -0.4 is 5.43 Å². The third kappa shape index (κ3) is 3.33. The predicted molar refractivity (Wildman–Crippen MR) is 92.1 cm³/mol. The van der Waals surface area contributed by atoms with Crippen molar-refractivity contribution in [3.05, 3.63) is 76.8 Å². The average molecular weight is 325 g/mol. The zero-order chi connectivity index (χ0) is 16.2. The Morgan fingerprint density at radius 1 is 1.09 bits per heavy atom. The molecule has 0 saturated carbocycles. The lowest BCUT2D eigenvalue weighted by Gasteiger charge is -2.04. The molecule has 0 heterocycles. The van der Waals surface area contributed by atoms with E-state index in [0.29, 0.717) is 5.02 Å². The number of benzene rings is 3. The van der Waals surface area contributed by atoms with Gasteiger partial charge in [0.2, 0.25) is 0 Å². The maximum absolute atomic E-state index is 12.0. The van der Waals surface area contributed by atoms with Crippen molar-refractivity contribution >= 4 is 34.5 Å². The first-order valence-electron chi connectivity index (χ1n) is 6.95. The van der Waals surface area contributed by atoms with E-state index in [4.69, 9.17) is 11.6 Å². The highest BCUT2D eigenvalue weighted by atomic mass is 35.5. The smallest absolute Gasteiger partial charge is 0.275 e. The van der Waals surface area contributed by atoms with Gasteiger partial charge in [0, 0.05) is 10.6 Å². The van der Waals surface area contributed by atoms with Crippen molar-refractivity contribution in [3.63, 3.8) is 0 Å². The van der Waals surface area contributed by atoms with Crippen molar-refractivity contribution in [3.8, 4) is 5.75 Å². The maximum Gasteiger partial charge on any atom is 0.275 e. The van der Waals surface area contributed by atoms with Crippen LogP contribution in [0.25, 0.3) is 10.8 Å². The van der Waals surface area contributed by atoms with E-state index in [1.54, 1.807) is 6.21 Å². The Morgan fingerprint density at radius 2 is 1.87 bits per heavy atom. The summed E-state index contributed by atoms with van der Waals surface area (Å²) in [7, 11) is 0. The van der Waals surface area contributed by atoms with Crippen LogP contribution in [0.4, 0.5) is 0 Å². The van der Waals surface area contributed by atoms with Gasteiger partial charge in [-0.3, -0.25) is 4.79 Å². The van der Waals surface area contributed by atoms with Gasteiger partial charge < -0.3 is 5.11 Å². The molecule has 0 aliphatic heterocycles. The van der Waals surface area contributed by atoms with Gasteiger partial charge in [-0.05, 0) is 29.0 Å².